The molecular formula is C10H13F2NO. The molecule has 0 amide bonds. The molecule has 0 saturated carbocycles. The standard InChI is InChI=1S/C10H13F2NO/c1-10(2,13-3)7-4-6(11)5-8(12)9(7)14/h4-5,13-14H,1-3H3. The monoisotopic (exact) mass is 201 g/mol. The van der Waals surface area contributed by atoms with E-state index in [1.165, 1.54) is 0 Å². The van der Waals surface area contributed by atoms with E-state index in [1.807, 2.05) is 0 Å². The van der Waals surface area contributed by atoms with Gasteiger partial charge in [-0.15, -0.1) is 0 Å². The SMILES string of the molecule is CNC(C)(C)c1cc(F)cc(F)c1O. The summed E-state index contributed by atoms with van der Waals surface area (Å²) < 4.78 is 25.9. The summed E-state index contributed by atoms with van der Waals surface area (Å²) in [6.07, 6.45) is 0. The Morgan fingerprint density at radius 1 is 1.29 bits per heavy atom. The summed E-state index contributed by atoms with van der Waals surface area (Å²) in [5, 5.41) is 12.3. The number of rotatable bonds is 2. The molecule has 14 heavy (non-hydrogen) atoms. The molecule has 1 aromatic carbocycles. The summed E-state index contributed by atoms with van der Waals surface area (Å²) in [4.78, 5) is 0. The Morgan fingerprint density at radius 3 is 2.36 bits per heavy atom. The zero-order valence-corrected chi connectivity index (χ0v) is 8.36. The van der Waals surface area contributed by atoms with E-state index in [4.69, 9.17) is 0 Å². The summed E-state index contributed by atoms with van der Waals surface area (Å²) in [6, 6.07) is 1.78. The summed E-state index contributed by atoms with van der Waals surface area (Å²) >= 11 is 0. The van der Waals surface area contributed by atoms with Crippen molar-refractivity contribution in [3.8, 4) is 5.75 Å². The van der Waals surface area contributed by atoms with Crippen molar-refractivity contribution in [1.82, 2.24) is 5.32 Å². The minimum Gasteiger partial charge on any atom is -0.505 e. The van der Waals surface area contributed by atoms with Crippen molar-refractivity contribution in [3.05, 3.63) is 29.3 Å². The molecule has 1 aromatic rings. The molecule has 0 radical (unpaired) electrons. The minimum atomic E-state index is -0.941. The van der Waals surface area contributed by atoms with Gasteiger partial charge in [0.2, 0.25) is 0 Å². The van der Waals surface area contributed by atoms with Gasteiger partial charge in [0.25, 0.3) is 0 Å². The van der Waals surface area contributed by atoms with Crippen molar-refractivity contribution in [1.29, 1.82) is 0 Å². The third kappa shape index (κ3) is 1.85. The molecule has 78 valence electrons. The third-order valence-corrected chi connectivity index (χ3v) is 2.33. The Labute approximate surface area is 81.6 Å². The van der Waals surface area contributed by atoms with E-state index in [-0.39, 0.29) is 5.56 Å². The first-order chi connectivity index (χ1) is 6.38. The molecule has 0 aromatic heterocycles. The molecule has 0 aliphatic carbocycles. The number of halogens is 2. The van der Waals surface area contributed by atoms with E-state index in [0.717, 1.165) is 6.07 Å². The van der Waals surface area contributed by atoms with Crippen LogP contribution < -0.4 is 5.32 Å². The van der Waals surface area contributed by atoms with Crippen molar-refractivity contribution in [2.45, 2.75) is 19.4 Å². The number of hydrogen-bond acceptors (Lipinski definition) is 2. The number of aromatic hydroxyl groups is 1. The van der Waals surface area contributed by atoms with Gasteiger partial charge in [-0.3, -0.25) is 0 Å². The van der Waals surface area contributed by atoms with Gasteiger partial charge < -0.3 is 10.4 Å². The molecular weight excluding hydrogens is 188 g/mol. The average molecular weight is 201 g/mol. The highest BCUT2D eigenvalue weighted by atomic mass is 19.1. The van der Waals surface area contributed by atoms with Crippen LogP contribution in [0.25, 0.3) is 0 Å². The van der Waals surface area contributed by atoms with Gasteiger partial charge >= 0.3 is 0 Å². The number of phenolic OH excluding ortho intramolecular Hbond substituents is 1. The first-order valence-electron chi connectivity index (χ1n) is 4.26. The van der Waals surface area contributed by atoms with Gasteiger partial charge in [0.1, 0.15) is 5.82 Å². The van der Waals surface area contributed by atoms with E-state index in [9.17, 15) is 13.9 Å². The first-order valence-corrected chi connectivity index (χ1v) is 4.26. The maximum Gasteiger partial charge on any atom is 0.168 e. The minimum absolute atomic E-state index is 0.206. The molecule has 0 bridgehead atoms. The van der Waals surface area contributed by atoms with E-state index in [2.05, 4.69) is 5.32 Å². The quantitative estimate of drug-likeness (QED) is 0.768. The zero-order valence-electron chi connectivity index (χ0n) is 8.36. The fraction of sp³-hybridized carbons (Fsp3) is 0.400. The maximum atomic E-state index is 13.0. The van der Waals surface area contributed by atoms with E-state index in [1.54, 1.807) is 20.9 Å². The van der Waals surface area contributed by atoms with Gasteiger partial charge in [-0.2, -0.15) is 0 Å². The van der Waals surface area contributed by atoms with Gasteiger partial charge in [-0.25, -0.2) is 8.78 Å². The first kappa shape index (κ1) is 10.9. The van der Waals surface area contributed by atoms with E-state index < -0.39 is 22.9 Å². The number of nitrogens with one attached hydrogen (secondary N) is 1. The van der Waals surface area contributed by atoms with Crippen molar-refractivity contribution < 1.29 is 13.9 Å². The molecule has 1 rings (SSSR count). The van der Waals surface area contributed by atoms with Gasteiger partial charge in [-0.05, 0) is 27.0 Å². The molecule has 2 N–H and O–H groups in total. The van der Waals surface area contributed by atoms with Crippen molar-refractivity contribution in [2.24, 2.45) is 0 Å². The molecule has 0 unspecified atom stereocenters. The van der Waals surface area contributed by atoms with Crippen LogP contribution >= 0.6 is 0 Å². The smallest absolute Gasteiger partial charge is 0.168 e. The van der Waals surface area contributed by atoms with Gasteiger partial charge in [-0.1, -0.05) is 0 Å². The summed E-state index contributed by atoms with van der Waals surface area (Å²) in [7, 11) is 1.66. The highest BCUT2D eigenvalue weighted by molar-refractivity contribution is 5.38. The highest BCUT2D eigenvalue weighted by Crippen LogP contribution is 2.31. The zero-order chi connectivity index (χ0) is 10.9. The van der Waals surface area contributed by atoms with Gasteiger partial charge in [0.15, 0.2) is 11.6 Å². The van der Waals surface area contributed by atoms with E-state index >= 15 is 0 Å². The molecule has 0 fully saturated rings. The molecule has 0 spiro atoms. The van der Waals surface area contributed by atoms with Crippen LogP contribution in [-0.2, 0) is 5.54 Å². The lowest BCUT2D eigenvalue weighted by atomic mass is 9.93. The van der Waals surface area contributed by atoms with Crippen LogP contribution in [0.1, 0.15) is 19.4 Å². The summed E-state index contributed by atoms with van der Waals surface area (Å²) in [6.45, 7) is 3.45. The third-order valence-electron chi connectivity index (χ3n) is 2.33. The fourth-order valence-corrected chi connectivity index (χ4v) is 1.18. The number of hydrogen-bond donors (Lipinski definition) is 2. The van der Waals surface area contributed by atoms with Crippen LogP contribution in [0.4, 0.5) is 8.78 Å². The van der Waals surface area contributed by atoms with Gasteiger partial charge in [0, 0.05) is 17.2 Å². The van der Waals surface area contributed by atoms with Crippen molar-refractivity contribution in [3.63, 3.8) is 0 Å². The van der Waals surface area contributed by atoms with Crippen LogP contribution in [0.5, 0.6) is 5.75 Å². The topological polar surface area (TPSA) is 32.3 Å². The Balaban J connectivity index is 3.34. The largest absolute Gasteiger partial charge is 0.505 e. The van der Waals surface area contributed by atoms with Crippen LogP contribution in [0, 0.1) is 11.6 Å². The Bertz CT molecular complexity index is 350. The average Bonchev–Trinajstić information content (AvgIpc) is 2.11. The lowest BCUT2D eigenvalue weighted by molar-refractivity contribution is 0.375. The maximum absolute atomic E-state index is 13.0. The molecule has 4 heteroatoms. The molecule has 0 heterocycles. The molecule has 0 saturated heterocycles. The molecule has 0 aliphatic rings. The lowest BCUT2D eigenvalue weighted by Gasteiger charge is -2.25. The fourth-order valence-electron chi connectivity index (χ4n) is 1.18. The lowest BCUT2D eigenvalue weighted by Crippen LogP contribution is -2.33. The normalized spacial score (nSPS) is 11.8. The number of phenols is 1. The van der Waals surface area contributed by atoms with Crippen LogP contribution in [-0.4, -0.2) is 12.2 Å². The summed E-state index contributed by atoms with van der Waals surface area (Å²) in [5.41, 5.74) is -0.468. The molecule has 2 nitrogen and oxygen atoms in total. The Morgan fingerprint density at radius 2 is 1.86 bits per heavy atom. The van der Waals surface area contributed by atoms with Crippen LogP contribution in [0.15, 0.2) is 12.1 Å². The number of benzene rings is 1. The van der Waals surface area contributed by atoms with Crippen LogP contribution in [0.2, 0.25) is 0 Å². The highest BCUT2D eigenvalue weighted by Gasteiger charge is 2.24. The van der Waals surface area contributed by atoms with E-state index in [0.29, 0.717) is 6.07 Å². The Kier molecular flexibility index (Phi) is 2.76. The second-order valence-electron chi connectivity index (χ2n) is 3.66. The molecule has 0 atom stereocenters. The van der Waals surface area contributed by atoms with Gasteiger partial charge in [0.05, 0.1) is 0 Å². The van der Waals surface area contributed by atoms with Crippen molar-refractivity contribution in [2.75, 3.05) is 7.05 Å². The predicted molar refractivity (Wildman–Crippen MR) is 50.1 cm³/mol. The Hall–Kier alpha value is -1.16. The van der Waals surface area contributed by atoms with Crippen molar-refractivity contribution >= 4 is 0 Å². The predicted octanol–water partition coefficient (Wildman–Crippen LogP) is 2.12. The van der Waals surface area contributed by atoms with Crippen LogP contribution in [0.3, 0.4) is 0 Å². The summed E-state index contributed by atoms with van der Waals surface area (Å²) in [5.74, 6) is -2.15. The second-order valence-corrected chi connectivity index (χ2v) is 3.66. The molecule has 0 aliphatic heterocycles. The second kappa shape index (κ2) is 3.53.